The molecule has 150 valence electrons. The molecule has 1 unspecified atom stereocenters. The molecule has 0 fully saturated rings. The summed E-state index contributed by atoms with van der Waals surface area (Å²) < 4.78 is 53.1. The van der Waals surface area contributed by atoms with Gasteiger partial charge in [0.1, 0.15) is 11.4 Å². The second kappa shape index (κ2) is 7.55. The van der Waals surface area contributed by atoms with E-state index in [0.29, 0.717) is 16.7 Å². The first-order valence-corrected chi connectivity index (χ1v) is 10.8. The summed E-state index contributed by atoms with van der Waals surface area (Å²) in [6.07, 6.45) is -1.40. The van der Waals surface area contributed by atoms with E-state index in [2.05, 4.69) is 0 Å². The van der Waals surface area contributed by atoms with Crippen molar-refractivity contribution in [2.24, 2.45) is 0 Å². The summed E-state index contributed by atoms with van der Waals surface area (Å²) in [4.78, 5) is 9.74. The van der Waals surface area contributed by atoms with Crippen molar-refractivity contribution in [3.63, 3.8) is 0 Å². The Bertz CT molecular complexity index is 1200. The lowest BCUT2D eigenvalue weighted by atomic mass is 10.1. The maximum absolute atomic E-state index is 13.1. The lowest BCUT2D eigenvalue weighted by Gasteiger charge is -2.12. The fourth-order valence-electron chi connectivity index (χ4n) is 3.23. The van der Waals surface area contributed by atoms with Gasteiger partial charge in [-0.25, -0.2) is 0 Å². The van der Waals surface area contributed by atoms with Gasteiger partial charge in [0.25, 0.3) is 0 Å². The van der Waals surface area contributed by atoms with Crippen LogP contribution in [0.25, 0.3) is 17.0 Å². The number of allylic oxidation sites excluding steroid dienone is 1. The topological polar surface area (TPSA) is 66.0 Å². The third kappa shape index (κ3) is 4.61. The summed E-state index contributed by atoms with van der Waals surface area (Å²) in [7, 11) is -3.74. The van der Waals surface area contributed by atoms with Crippen LogP contribution < -0.4 is 0 Å². The standard InChI is InChI=1S/C21H18F3N2O2P/c1-14-7-15(9-17(8-14)21(22,23)24)12-26-13-16(10-18(11-25)29(2,27)28)19-5-3-4-6-20(19)26/h3-10,13H,12H2,1-2H3,(H,27,28)/b18-10+. The molecule has 3 rings (SSSR count). The highest BCUT2D eigenvalue weighted by molar-refractivity contribution is 7.62. The minimum absolute atomic E-state index is 0.184. The molecule has 0 bridgehead atoms. The first-order valence-electron chi connectivity index (χ1n) is 8.67. The van der Waals surface area contributed by atoms with Crippen LogP contribution in [-0.4, -0.2) is 16.1 Å². The molecular formula is C21H18F3N2O2P. The molecular weight excluding hydrogens is 400 g/mol. The first kappa shape index (κ1) is 20.9. The normalized spacial score (nSPS) is 14.6. The van der Waals surface area contributed by atoms with Crippen molar-refractivity contribution in [2.75, 3.05) is 6.66 Å². The predicted octanol–water partition coefficient (Wildman–Crippen LogP) is 5.78. The van der Waals surface area contributed by atoms with Crippen LogP contribution >= 0.6 is 7.37 Å². The summed E-state index contributed by atoms with van der Waals surface area (Å²) in [6.45, 7) is 2.89. The van der Waals surface area contributed by atoms with Gasteiger partial charge in [0.15, 0.2) is 0 Å². The number of hydrogen-bond acceptors (Lipinski definition) is 2. The second-order valence-electron chi connectivity index (χ2n) is 6.96. The number of rotatable bonds is 4. The number of aryl methyl sites for hydroxylation is 1. The summed E-state index contributed by atoms with van der Waals surface area (Å²) in [5.41, 5.74) is 1.58. The van der Waals surface area contributed by atoms with Gasteiger partial charge in [-0.1, -0.05) is 29.8 Å². The fraction of sp³-hybridized carbons (Fsp3) is 0.190. The molecule has 1 N–H and O–H groups in total. The maximum Gasteiger partial charge on any atom is 0.416 e. The smallest absolute Gasteiger partial charge is 0.342 e. The van der Waals surface area contributed by atoms with Gasteiger partial charge in [-0.15, -0.1) is 0 Å². The number of fused-ring (bicyclic) bond motifs is 1. The highest BCUT2D eigenvalue weighted by Gasteiger charge is 2.30. The number of halogens is 3. The molecule has 29 heavy (non-hydrogen) atoms. The second-order valence-corrected chi connectivity index (χ2v) is 9.20. The number of nitrogens with zero attached hydrogens (tertiary/aromatic N) is 2. The van der Waals surface area contributed by atoms with E-state index in [4.69, 9.17) is 0 Å². The molecule has 0 amide bonds. The Morgan fingerprint density at radius 3 is 2.59 bits per heavy atom. The van der Waals surface area contributed by atoms with Crippen LogP contribution in [0.2, 0.25) is 0 Å². The Morgan fingerprint density at radius 1 is 1.28 bits per heavy atom. The van der Waals surface area contributed by atoms with Crippen molar-refractivity contribution in [2.45, 2.75) is 19.6 Å². The monoisotopic (exact) mass is 418 g/mol. The molecule has 1 heterocycles. The van der Waals surface area contributed by atoms with Crippen molar-refractivity contribution in [3.05, 3.63) is 76.2 Å². The van der Waals surface area contributed by atoms with Crippen molar-refractivity contribution in [1.29, 1.82) is 5.26 Å². The van der Waals surface area contributed by atoms with E-state index in [1.165, 1.54) is 6.08 Å². The molecule has 4 nitrogen and oxygen atoms in total. The average Bonchev–Trinajstić information content (AvgIpc) is 2.95. The number of hydrogen-bond donors (Lipinski definition) is 1. The van der Waals surface area contributed by atoms with E-state index in [9.17, 15) is 27.9 Å². The molecule has 0 saturated heterocycles. The number of nitriles is 1. The molecule has 0 saturated carbocycles. The van der Waals surface area contributed by atoms with Crippen molar-refractivity contribution >= 4 is 24.3 Å². The maximum atomic E-state index is 13.1. The molecule has 8 heteroatoms. The average molecular weight is 418 g/mol. The zero-order valence-corrected chi connectivity index (χ0v) is 16.6. The number of aromatic nitrogens is 1. The molecule has 0 aliphatic heterocycles. The molecule has 1 atom stereocenters. The van der Waals surface area contributed by atoms with Crippen LogP contribution in [0.1, 0.15) is 22.3 Å². The van der Waals surface area contributed by atoms with E-state index in [-0.39, 0.29) is 11.9 Å². The summed E-state index contributed by atoms with van der Waals surface area (Å²) in [5.74, 6) is 0. The highest BCUT2D eigenvalue weighted by atomic mass is 31.2. The lowest BCUT2D eigenvalue weighted by Crippen LogP contribution is -2.07. The largest absolute Gasteiger partial charge is 0.416 e. The third-order valence-corrected chi connectivity index (χ3v) is 5.61. The molecule has 1 aromatic heterocycles. The fourth-order valence-corrected chi connectivity index (χ4v) is 3.79. The van der Waals surface area contributed by atoms with Crippen LogP contribution in [0, 0.1) is 18.3 Å². The van der Waals surface area contributed by atoms with Crippen molar-refractivity contribution in [3.8, 4) is 6.07 Å². The Morgan fingerprint density at radius 2 is 1.97 bits per heavy atom. The molecule has 0 radical (unpaired) electrons. The minimum Gasteiger partial charge on any atom is -0.342 e. The van der Waals surface area contributed by atoms with Crippen molar-refractivity contribution < 1.29 is 22.6 Å². The zero-order valence-electron chi connectivity index (χ0n) is 15.7. The minimum atomic E-state index is -4.43. The molecule has 0 spiro atoms. The van der Waals surface area contributed by atoms with Gasteiger partial charge in [-0.3, -0.25) is 4.57 Å². The number of benzene rings is 2. The van der Waals surface area contributed by atoms with Gasteiger partial charge in [0, 0.05) is 35.9 Å². The van der Waals surface area contributed by atoms with E-state index in [0.717, 1.165) is 29.7 Å². The molecule has 2 aromatic carbocycles. The number of alkyl halides is 3. The van der Waals surface area contributed by atoms with Gasteiger partial charge < -0.3 is 9.46 Å². The van der Waals surface area contributed by atoms with Gasteiger partial charge in [0.05, 0.1) is 5.56 Å². The Hall–Kier alpha value is -2.81. The Labute approximate surface area is 166 Å². The SMILES string of the molecule is Cc1cc(Cn2cc(/C=C(\C#N)P(C)(=O)O)c3ccccc32)cc(C(F)(F)F)c1. The van der Waals surface area contributed by atoms with Crippen LogP contribution in [0.4, 0.5) is 13.2 Å². The van der Waals surface area contributed by atoms with Gasteiger partial charge in [0.2, 0.25) is 7.37 Å². The van der Waals surface area contributed by atoms with E-state index in [1.54, 1.807) is 48.0 Å². The van der Waals surface area contributed by atoms with Crippen LogP contribution in [0.3, 0.4) is 0 Å². The first-order chi connectivity index (χ1) is 13.5. The van der Waals surface area contributed by atoms with Gasteiger partial charge in [-0.2, -0.15) is 18.4 Å². The molecule has 0 aliphatic carbocycles. The van der Waals surface area contributed by atoms with Crippen LogP contribution in [-0.2, 0) is 17.3 Å². The molecule has 3 aromatic rings. The molecule has 0 aliphatic rings. The van der Waals surface area contributed by atoms with Gasteiger partial charge >= 0.3 is 6.18 Å². The quantitative estimate of drug-likeness (QED) is 0.431. The highest BCUT2D eigenvalue weighted by Crippen LogP contribution is 2.46. The summed E-state index contributed by atoms with van der Waals surface area (Å²) >= 11 is 0. The van der Waals surface area contributed by atoms with E-state index < -0.39 is 19.1 Å². The summed E-state index contributed by atoms with van der Waals surface area (Å²) in [5, 5.41) is 9.70. The van der Waals surface area contributed by atoms with Crippen LogP contribution in [0.15, 0.2) is 54.0 Å². The Balaban J connectivity index is 2.11. The van der Waals surface area contributed by atoms with Crippen molar-refractivity contribution in [1.82, 2.24) is 4.57 Å². The Kier molecular flexibility index (Phi) is 5.44. The number of para-hydroxylation sites is 1. The van der Waals surface area contributed by atoms with Gasteiger partial charge in [-0.05, 0) is 36.8 Å². The van der Waals surface area contributed by atoms with Crippen LogP contribution in [0.5, 0.6) is 0 Å². The summed E-state index contributed by atoms with van der Waals surface area (Å²) in [6, 6.07) is 12.9. The lowest BCUT2D eigenvalue weighted by molar-refractivity contribution is -0.137. The van der Waals surface area contributed by atoms with E-state index >= 15 is 0 Å². The zero-order chi connectivity index (χ0) is 21.4. The third-order valence-electron chi connectivity index (χ3n) is 4.49. The predicted molar refractivity (Wildman–Crippen MR) is 107 cm³/mol. The van der Waals surface area contributed by atoms with E-state index in [1.807, 2.05) is 6.07 Å².